The van der Waals surface area contributed by atoms with Gasteiger partial charge in [-0.05, 0) is 87.8 Å². The van der Waals surface area contributed by atoms with E-state index in [-0.39, 0.29) is 28.1 Å². The van der Waals surface area contributed by atoms with E-state index in [1.165, 1.54) is 0 Å². The van der Waals surface area contributed by atoms with Crippen LogP contribution in [0.1, 0.15) is 108 Å². The number of rotatable bonds is 7. The molecule has 5 fully saturated rings. The first-order chi connectivity index (χ1) is 19.7. The maximum Gasteiger partial charge on any atom is 0.258 e. The van der Waals surface area contributed by atoms with Gasteiger partial charge in [-0.3, -0.25) is 4.79 Å². The zero-order valence-corrected chi connectivity index (χ0v) is 24.5. The first-order valence-electron chi connectivity index (χ1n) is 15.4. The zero-order valence-electron chi connectivity index (χ0n) is 24.5. The molecule has 0 atom stereocenters. The van der Waals surface area contributed by atoms with Crippen LogP contribution in [0, 0.1) is 11.3 Å². The van der Waals surface area contributed by atoms with Crippen molar-refractivity contribution in [2.24, 2.45) is 11.3 Å². The van der Waals surface area contributed by atoms with Crippen LogP contribution in [-0.4, -0.2) is 45.9 Å². The molecule has 4 saturated carbocycles. The van der Waals surface area contributed by atoms with Crippen LogP contribution in [0.25, 0.3) is 11.5 Å². The highest BCUT2D eigenvalue weighted by molar-refractivity contribution is 5.95. The Hall–Kier alpha value is -3.07. The van der Waals surface area contributed by atoms with Crippen LogP contribution in [0.3, 0.4) is 0 Å². The summed E-state index contributed by atoms with van der Waals surface area (Å²) in [4.78, 5) is 25.8. The van der Waals surface area contributed by atoms with E-state index < -0.39 is 0 Å². The number of nitrogens with zero attached hydrogens (tertiary/aromatic N) is 5. The Morgan fingerprint density at radius 2 is 1.68 bits per heavy atom. The zero-order chi connectivity index (χ0) is 28.2. The summed E-state index contributed by atoms with van der Waals surface area (Å²) in [7, 11) is 0. The van der Waals surface area contributed by atoms with E-state index in [9.17, 15) is 4.79 Å². The molecule has 1 amide bonds. The molecule has 4 aliphatic carbocycles. The molecular weight excluding hydrogens is 518 g/mol. The van der Waals surface area contributed by atoms with Crippen molar-refractivity contribution in [3.63, 3.8) is 0 Å². The lowest BCUT2D eigenvalue weighted by Crippen LogP contribution is -2.52. The van der Waals surface area contributed by atoms with Crippen LogP contribution in [-0.2, 0) is 20.4 Å². The minimum absolute atomic E-state index is 0.0125. The molecule has 41 heavy (non-hydrogen) atoms. The number of ether oxygens (including phenoxy) is 1. The smallest absolute Gasteiger partial charge is 0.258 e. The number of carbonyl (C=O) groups excluding carboxylic acids is 1. The predicted octanol–water partition coefficient (Wildman–Crippen LogP) is 6.35. The third-order valence-corrected chi connectivity index (χ3v) is 10.1. The van der Waals surface area contributed by atoms with E-state index >= 15 is 0 Å². The van der Waals surface area contributed by atoms with Gasteiger partial charge in [0.25, 0.3) is 5.89 Å². The van der Waals surface area contributed by atoms with Crippen LogP contribution in [0.4, 0.5) is 5.69 Å². The third kappa shape index (κ3) is 5.11. The Morgan fingerprint density at radius 1 is 0.951 bits per heavy atom. The lowest BCUT2D eigenvalue weighted by atomic mass is 9.53. The summed E-state index contributed by atoms with van der Waals surface area (Å²) in [5.74, 6) is 3.53. The van der Waals surface area contributed by atoms with E-state index in [1.807, 2.05) is 12.1 Å². The van der Waals surface area contributed by atoms with Gasteiger partial charge >= 0.3 is 0 Å². The van der Waals surface area contributed by atoms with E-state index in [1.54, 1.807) is 0 Å². The largest absolute Gasteiger partial charge is 0.381 e. The Morgan fingerprint density at radius 3 is 2.34 bits per heavy atom. The normalized spacial score (nSPS) is 26.8. The van der Waals surface area contributed by atoms with Crippen LogP contribution < -0.4 is 4.90 Å². The Kier molecular flexibility index (Phi) is 6.56. The average Bonchev–Trinajstić information content (AvgIpc) is 3.49. The first-order valence-corrected chi connectivity index (χ1v) is 15.4. The molecule has 9 nitrogen and oxygen atoms in total. The summed E-state index contributed by atoms with van der Waals surface area (Å²) in [6.07, 6.45) is 10.0. The van der Waals surface area contributed by atoms with E-state index in [4.69, 9.17) is 18.8 Å². The summed E-state index contributed by atoms with van der Waals surface area (Å²) in [5.41, 5.74) is 1.69. The van der Waals surface area contributed by atoms with Crippen molar-refractivity contribution >= 4 is 11.6 Å². The number of carbonyl (C=O) groups is 1. The van der Waals surface area contributed by atoms with Crippen LogP contribution in [0.5, 0.6) is 0 Å². The second-order valence-corrected chi connectivity index (χ2v) is 14.0. The highest BCUT2D eigenvalue weighted by Gasteiger charge is 2.53. The predicted molar refractivity (Wildman–Crippen MR) is 152 cm³/mol. The standard InChI is InChI=1S/C32H41N5O4/c1-30(2,3)29-34-28(36-41-29)32-14-11-31(12-15-32,13-16-32)20-37(27(38)22-9-17-39-18-10-22)24-6-4-5-23(19-24)26-33-25(35-40-26)21-7-8-21/h4-6,19,21-22H,7-18,20H2,1-3H3. The van der Waals surface area contributed by atoms with Crippen LogP contribution in [0.15, 0.2) is 33.3 Å². The number of fused-ring (bicyclic) bond motifs is 3. The molecule has 9 heteroatoms. The molecule has 1 saturated heterocycles. The summed E-state index contributed by atoms with van der Waals surface area (Å²) in [5, 5.41) is 8.68. The maximum absolute atomic E-state index is 14.2. The summed E-state index contributed by atoms with van der Waals surface area (Å²) in [6.45, 7) is 8.34. The van der Waals surface area contributed by atoms with Crippen molar-refractivity contribution in [2.75, 3.05) is 24.7 Å². The van der Waals surface area contributed by atoms with Crippen molar-refractivity contribution in [2.45, 2.75) is 102 Å². The van der Waals surface area contributed by atoms with Gasteiger partial charge in [-0.15, -0.1) is 0 Å². The molecule has 0 radical (unpaired) electrons. The quantitative estimate of drug-likeness (QED) is 0.330. The summed E-state index contributed by atoms with van der Waals surface area (Å²) >= 11 is 0. The number of anilines is 1. The lowest BCUT2D eigenvalue weighted by molar-refractivity contribution is -0.126. The van der Waals surface area contributed by atoms with Crippen molar-refractivity contribution in [1.82, 2.24) is 20.3 Å². The van der Waals surface area contributed by atoms with Gasteiger partial charge in [-0.2, -0.15) is 9.97 Å². The van der Waals surface area contributed by atoms with Gasteiger partial charge < -0.3 is 18.7 Å². The molecule has 1 aromatic carbocycles. The van der Waals surface area contributed by atoms with E-state index in [0.717, 1.165) is 93.7 Å². The Bertz CT molecular complexity index is 1390. The fraction of sp³-hybridized carbons (Fsp3) is 0.656. The molecular formula is C32H41N5O4. The molecule has 2 bridgehead atoms. The van der Waals surface area contributed by atoms with Gasteiger partial charge in [0.05, 0.1) is 0 Å². The van der Waals surface area contributed by atoms with Gasteiger partial charge in [-0.1, -0.05) is 37.2 Å². The summed E-state index contributed by atoms with van der Waals surface area (Å²) in [6, 6.07) is 8.11. The topological polar surface area (TPSA) is 107 Å². The minimum Gasteiger partial charge on any atom is -0.381 e. The fourth-order valence-electron chi connectivity index (χ4n) is 7.04. The number of amides is 1. The molecule has 1 aliphatic heterocycles. The number of aromatic nitrogens is 4. The van der Waals surface area contributed by atoms with Gasteiger partial charge in [0.15, 0.2) is 11.6 Å². The van der Waals surface area contributed by atoms with Gasteiger partial charge in [0.2, 0.25) is 11.8 Å². The molecule has 8 rings (SSSR count). The number of benzene rings is 1. The molecule has 3 heterocycles. The second kappa shape index (κ2) is 10.0. The third-order valence-electron chi connectivity index (χ3n) is 10.1. The van der Waals surface area contributed by atoms with E-state index in [0.29, 0.717) is 30.9 Å². The Balaban J connectivity index is 1.14. The fourth-order valence-corrected chi connectivity index (χ4v) is 7.04. The van der Waals surface area contributed by atoms with Crippen molar-refractivity contribution in [3.8, 4) is 11.5 Å². The molecule has 5 aliphatic rings. The minimum atomic E-state index is -0.158. The number of hydrogen-bond acceptors (Lipinski definition) is 8. The molecule has 218 valence electrons. The van der Waals surface area contributed by atoms with Crippen molar-refractivity contribution < 1.29 is 18.6 Å². The lowest BCUT2D eigenvalue weighted by Gasteiger charge is -2.53. The maximum atomic E-state index is 14.2. The van der Waals surface area contributed by atoms with Gasteiger partial charge in [-0.25, -0.2) is 0 Å². The SMILES string of the molecule is CC(C)(C)c1nc(C23CCC(CN(C(=O)C4CCOCC4)c4cccc(-c5nc(C6CC6)no5)c4)(CC2)CC3)no1. The molecule has 0 unspecified atom stereocenters. The molecule has 0 spiro atoms. The van der Waals surface area contributed by atoms with Gasteiger partial charge in [0, 0.05) is 53.7 Å². The van der Waals surface area contributed by atoms with Crippen LogP contribution in [0.2, 0.25) is 0 Å². The first kappa shape index (κ1) is 26.8. The molecule has 3 aromatic rings. The second-order valence-electron chi connectivity index (χ2n) is 14.0. The highest BCUT2D eigenvalue weighted by Crippen LogP contribution is 2.58. The molecule has 0 N–H and O–H groups in total. The average molecular weight is 560 g/mol. The highest BCUT2D eigenvalue weighted by atomic mass is 16.5. The monoisotopic (exact) mass is 559 g/mol. The van der Waals surface area contributed by atoms with Crippen molar-refractivity contribution in [1.29, 1.82) is 0 Å². The molecule has 2 aromatic heterocycles. The van der Waals surface area contributed by atoms with Gasteiger partial charge in [0.1, 0.15) is 0 Å². The van der Waals surface area contributed by atoms with Crippen molar-refractivity contribution in [3.05, 3.63) is 41.8 Å². The van der Waals surface area contributed by atoms with E-state index in [2.05, 4.69) is 53.1 Å². The Labute approximate surface area is 241 Å². The summed E-state index contributed by atoms with van der Waals surface area (Å²) < 4.78 is 16.9. The number of hydrogen-bond donors (Lipinski definition) is 0. The van der Waals surface area contributed by atoms with Crippen LogP contribution >= 0.6 is 0 Å².